The lowest BCUT2D eigenvalue weighted by Gasteiger charge is -2.17. The standard InChI is InChI=1S/C14H13ClF2N2/c1-18-14(6-9-2-3-19-8-13(9)15)10-4-11(16)7-12(17)5-10/h2-5,7-8,14,18H,6H2,1H3. The summed E-state index contributed by atoms with van der Waals surface area (Å²) in [4.78, 5) is 3.91. The zero-order valence-corrected chi connectivity index (χ0v) is 11.1. The number of benzene rings is 1. The van der Waals surface area contributed by atoms with Crippen molar-refractivity contribution in [3.63, 3.8) is 0 Å². The van der Waals surface area contributed by atoms with E-state index in [0.717, 1.165) is 11.6 Å². The van der Waals surface area contributed by atoms with Crippen LogP contribution >= 0.6 is 11.6 Å². The molecule has 0 fully saturated rings. The van der Waals surface area contributed by atoms with Gasteiger partial charge < -0.3 is 5.32 Å². The maximum absolute atomic E-state index is 13.2. The van der Waals surface area contributed by atoms with Crippen LogP contribution < -0.4 is 5.32 Å². The van der Waals surface area contributed by atoms with E-state index in [4.69, 9.17) is 11.6 Å². The highest BCUT2D eigenvalue weighted by Crippen LogP contribution is 2.23. The zero-order valence-electron chi connectivity index (χ0n) is 10.3. The van der Waals surface area contributed by atoms with Crippen LogP contribution in [0.3, 0.4) is 0 Å². The van der Waals surface area contributed by atoms with Gasteiger partial charge in [0.05, 0.1) is 5.02 Å². The monoisotopic (exact) mass is 282 g/mol. The topological polar surface area (TPSA) is 24.9 Å². The highest BCUT2D eigenvalue weighted by Gasteiger charge is 2.14. The smallest absolute Gasteiger partial charge is 0.126 e. The van der Waals surface area contributed by atoms with E-state index < -0.39 is 11.6 Å². The summed E-state index contributed by atoms with van der Waals surface area (Å²) in [6.07, 6.45) is 3.72. The van der Waals surface area contributed by atoms with Gasteiger partial charge in [-0.3, -0.25) is 4.98 Å². The Labute approximate surface area is 115 Å². The second-order valence-corrected chi connectivity index (χ2v) is 4.62. The van der Waals surface area contributed by atoms with Crippen molar-refractivity contribution >= 4 is 11.6 Å². The Balaban J connectivity index is 2.28. The third-order valence-corrected chi connectivity index (χ3v) is 3.26. The van der Waals surface area contributed by atoms with Crippen molar-refractivity contribution in [1.29, 1.82) is 0 Å². The Bertz CT molecular complexity index is 555. The number of halogens is 3. The molecule has 0 aliphatic heterocycles. The molecule has 0 radical (unpaired) electrons. The molecule has 1 aromatic heterocycles. The fourth-order valence-corrected chi connectivity index (χ4v) is 2.15. The van der Waals surface area contributed by atoms with Crippen molar-refractivity contribution < 1.29 is 8.78 Å². The number of rotatable bonds is 4. The number of nitrogens with zero attached hydrogens (tertiary/aromatic N) is 1. The summed E-state index contributed by atoms with van der Waals surface area (Å²) in [7, 11) is 1.74. The number of aromatic nitrogens is 1. The van der Waals surface area contributed by atoms with Gasteiger partial charge in [-0.05, 0) is 42.8 Å². The van der Waals surface area contributed by atoms with Crippen molar-refractivity contribution in [1.82, 2.24) is 10.3 Å². The molecule has 2 nitrogen and oxygen atoms in total. The molecule has 5 heteroatoms. The minimum atomic E-state index is -0.587. The normalized spacial score (nSPS) is 12.4. The molecule has 0 amide bonds. The average molecular weight is 283 g/mol. The molecule has 0 aliphatic rings. The summed E-state index contributed by atoms with van der Waals surface area (Å²) in [6.45, 7) is 0. The first-order valence-corrected chi connectivity index (χ1v) is 6.19. The van der Waals surface area contributed by atoms with Crippen LogP contribution in [-0.4, -0.2) is 12.0 Å². The Morgan fingerprint density at radius 3 is 2.53 bits per heavy atom. The van der Waals surface area contributed by atoms with Gasteiger partial charge in [0, 0.05) is 24.5 Å². The first-order chi connectivity index (χ1) is 9.10. The van der Waals surface area contributed by atoms with Crippen LogP contribution in [0.2, 0.25) is 5.02 Å². The lowest BCUT2D eigenvalue weighted by molar-refractivity contribution is 0.551. The maximum Gasteiger partial charge on any atom is 0.126 e. The first kappa shape index (κ1) is 13.9. The minimum absolute atomic E-state index is 0.218. The lowest BCUT2D eigenvalue weighted by Crippen LogP contribution is -2.19. The SMILES string of the molecule is CNC(Cc1ccncc1Cl)c1cc(F)cc(F)c1. The van der Waals surface area contributed by atoms with E-state index in [2.05, 4.69) is 10.3 Å². The quantitative estimate of drug-likeness (QED) is 0.928. The molecule has 1 aromatic carbocycles. The number of likely N-dealkylation sites (N-methyl/N-ethyl adjacent to an activating group) is 1. The van der Waals surface area contributed by atoms with Crippen LogP contribution in [0.5, 0.6) is 0 Å². The number of hydrogen-bond donors (Lipinski definition) is 1. The molecule has 1 N–H and O–H groups in total. The lowest BCUT2D eigenvalue weighted by atomic mass is 9.99. The van der Waals surface area contributed by atoms with Crippen LogP contribution in [0.25, 0.3) is 0 Å². The molecule has 2 rings (SSSR count). The summed E-state index contributed by atoms with van der Waals surface area (Å²) in [5.41, 5.74) is 1.42. The predicted octanol–water partition coefficient (Wildman–Crippen LogP) is 3.52. The van der Waals surface area contributed by atoms with Crippen molar-refractivity contribution in [3.05, 3.63) is 64.4 Å². The number of nitrogens with one attached hydrogen (secondary N) is 1. The molecule has 0 saturated heterocycles. The van der Waals surface area contributed by atoms with Gasteiger partial charge in [0.1, 0.15) is 11.6 Å². The fraction of sp³-hybridized carbons (Fsp3) is 0.214. The molecule has 1 atom stereocenters. The van der Waals surface area contributed by atoms with Gasteiger partial charge in [-0.25, -0.2) is 8.78 Å². The van der Waals surface area contributed by atoms with Gasteiger partial charge in [0.25, 0.3) is 0 Å². The van der Waals surface area contributed by atoms with Crippen LogP contribution in [0, 0.1) is 11.6 Å². The predicted molar refractivity (Wildman–Crippen MR) is 71.1 cm³/mol. The van der Waals surface area contributed by atoms with E-state index in [1.165, 1.54) is 12.1 Å². The number of hydrogen-bond acceptors (Lipinski definition) is 2. The van der Waals surface area contributed by atoms with E-state index in [1.54, 1.807) is 25.5 Å². The average Bonchev–Trinajstić information content (AvgIpc) is 2.36. The molecule has 1 heterocycles. The minimum Gasteiger partial charge on any atom is -0.313 e. The maximum atomic E-state index is 13.2. The first-order valence-electron chi connectivity index (χ1n) is 5.82. The van der Waals surface area contributed by atoms with E-state index in [1.807, 2.05) is 0 Å². The van der Waals surface area contributed by atoms with Crippen molar-refractivity contribution in [2.45, 2.75) is 12.5 Å². The highest BCUT2D eigenvalue weighted by molar-refractivity contribution is 6.31. The summed E-state index contributed by atoms with van der Waals surface area (Å²) in [5, 5.41) is 3.58. The fourth-order valence-electron chi connectivity index (χ4n) is 1.95. The Hall–Kier alpha value is -1.52. The summed E-state index contributed by atoms with van der Waals surface area (Å²) >= 11 is 6.04. The number of pyridine rings is 1. The van der Waals surface area contributed by atoms with Crippen LogP contribution in [0.1, 0.15) is 17.2 Å². The van der Waals surface area contributed by atoms with Crippen LogP contribution in [0.15, 0.2) is 36.7 Å². The van der Waals surface area contributed by atoms with Gasteiger partial charge in [-0.2, -0.15) is 0 Å². The molecule has 19 heavy (non-hydrogen) atoms. The van der Waals surface area contributed by atoms with Gasteiger partial charge in [-0.1, -0.05) is 11.6 Å². The third-order valence-electron chi connectivity index (χ3n) is 2.92. The molecule has 1 unspecified atom stereocenters. The van der Waals surface area contributed by atoms with Gasteiger partial charge >= 0.3 is 0 Å². The van der Waals surface area contributed by atoms with Crippen molar-refractivity contribution in [2.75, 3.05) is 7.05 Å². The molecule has 0 spiro atoms. The van der Waals surface area contributed by atoms with Crippen molar-refractivity contribution in [3.8, 4) is 0 Å². The van der Waals surface area contributed by atoms with Gasteiger partial charge in [0.2, 0.25) is 0 Å². The van der Waals surface area contributed by atoms with Gasteiger partial charge in [0.15, 0.2) is 0 Å². The van der Waals surface area contributed by atoms with Crippen molar-refractivity contribution in [2.24, 2.45) is 0 Å². The Morgan fingerprint density at radius 1 is 1.26 bits per heavy atom. The molecular weight excluding hydrogens is 270 g/mol. The van der Waals surface area contributed by atoms with Crippen LogP contribution in [-0.2, 0) is 6.42 Å². The largest absolute Gasteiger partial charge is 0.313 e. The second kappa shape index (κ2) is 6.08. The Kier molecular flexibility index (Phi) is 4.45. The summed E-state index contributed by atoms with van der Waals surface area (Å²) in [5.74, 6) is -1.17. The molecule has 0 saturated carbocycles. The van der Waals surface area contributed by atoms with Gasteiger partial charge in [-0.15, -0.1) is 0 Å². The molecule has 2 aromatic rings. The zero-order chi connectivity index (χ0) is 13.8. The highest BCUT2D eigenvalue weighted by atomic mass is 35.5. The van der Waals surface area contributed by atoms with E-state index >= 15 is 0 Å². The van der Waals surface area contributed by atoms with E-state index in [-0.39, 0.29) is 6.04 Å². The summed E-state index contributed by atoms with van der Waals surface area (Å²) < 4.78 is 26.5. The molecular formula is C14H13ClF2N2. The molecule has 0 bridgehead atoms. The van der Waals surface area contributed by atoms with E-state index in [9.17, 15) is 8.78 Å². The van der Waals surface area contributed by atoms with E-state index in [0.29, 0.717) is 17.0 Å². The summed E-state index contributed by atoms with van der Waals surface area (Å²) in [6, 6.07) is 5.07. The molecule has 100 valence electrons. The molecule has 0 aliphatic carbocycles. The second-order valence-electron chi connectivity index (χ2n) is 4.22. The van der Waals surface area contributed by atoms with Crippen LogP contribution in [0.4, 0.5) is 8.78 Å². The third kappa shape index (κ3) is 3.49. The Morgan fingerprint density at radius 2 is 1.95 bits per heavy atom.